The van der Waals surface area contributed by atoms with E-state index in [1.165, 1.54) is 5.06 Å². The lowest BCUT2D eigenvalue weighted by Gasteiger charge is -2.20. The summed E-state index contributed by atoms with van der Waals surface area (Å²) in [6, 6.07) is -0.195. The van der Waals surface area contributed by atoms with Gasteiger partial charge in [-0.2, -0.15) is 5.06 Å². The number of hydrogen-bond donors (Lipinski definition) is 0. The van der Waals surface area contributed by atoms with Crippen molar-refractivity contribution in [2.45, 2.75) is 19.4 Å². The molecule has 1 atom stereocenters. The smallest absolute Gasteiger partial charge is 0.314 e. The molecule has 0 aromatic carbocycles. The van der Waals surface area contributed by atoms with Crippen LogP contribution in [0.2, 0.25) is 0 Å². The molecule has 1 saturated heterocycles. The highest BCUT2D eigenvalue weighted by Gasteiger charge is 2.41. The predicted octanol–water partition coefficient (Wildman–Crippen LogP) is 0.919. The Morgan fingerprint density at radius 2 is 2.45 bits per heavy atom. The second kappa shape index (κ2) is 5.09. The van der Waals surface area contributed by atoms with Gasteiger partial charge in [-0.3, -0.25) is 4.84 Å². The Kier molecular flexibility index (Phi) is 3.27. The molecule has 20 heavy (non-hydrogen) atoms. The highest BCUT2D eigenvalue weighted by Crippen LogP contribution is 2.26. The summed E-state index contributed by atoms with van der Waals surface area (Å²) in [5.74, 6) is 0. The van der Waals surface area contributed by atoms with E-state index in [0.29, 0.717) is 19.7 Å². The number of hydrogen-bond acceptors (Lipinski definition) is 4. The van der Waals surface area contributed by atoms with Gasteiger partial charge in [-0.1, -0.05) is 18.2 Å². The zero-order valence-electron chi connectivity index (χ0n) is 11.4. The minimum Gasteiger partial charge on any atom is -0.314 e. The van der Waals surface area contributed by atoms with E-state index in [0.717, 1.165) is 17.8 Å². The van der Waals surface area contributed by atoms with Crippen molar-refractivity contribution in [3.05, 3.63) is 30.6 Å². The van der Waals surface area contributed by atoms with Crippen molar-refractivity contribution in [2.24, 2.45) is 0 Å². The number of urea groups is 1. The van der Waals surface area contributed by atoms with E-state index in [1.54, 1.807) is 15.7 Å². The van der Waals surface area contributed by atoms with E-state index in [-0.39, 0.29) is 12.1 Å². The molecule has 7 heteroatoms. The Bertz CT molecular complexity index is 565. The van der Waals surface area contributed by atoms with Gasteiger partial charge < -0.3 is 4.90 Å². The predicted molar refractivity (Wildman–Crippen MR) is 72.4 cm³/mol. The summed E-state index contributed by atoms with van der Waals surface area (Å²) >= 11 is 0. The summed E-state index contributed by atoms with van der Waals surface area (Å²) in [7, 11) is 0. The quantitative estimate of drug-likeness (QED) is 0.750. The fourth-order valence-electron chi connectivity index (χ4n) is 2.42. The molecule has 0 aliphatic carbocycles. The number of rotatable bonds is 5. The summed E-state index contributed by atoms with van der Waals surface area (Å²) in [5.41, 5.74) is 1.89. The molecule has 1 unspecified atom stereocenters. The fraction of sp³-hybridized carbons (Fsp3) is 0.462. The van der Waals surface area contributed by atoms with Crippen LogP contribution in [0, 0.1) is 0 Å². The van der Waals surface area contributed by atoms with Gasteiger partial charge in [0, 0.05) is 6.54 Å². The van der Waals surface area contributed by atoms with Crippen LogP contribution in [0.25, 0.3) is 5.70 Å². The molecular weight excluding hydrogens is 258 g/mol. The number of hydroxylamine groups is 2. The molecule has 0 N–H and O–H groups in total. The molecule has 0 spiro atoms. The normalized spacial score (nSPS) is 21.4. The molecule has 7 nitrogen and oxygen atoms in total. The zero-order chi connectivity index (χ0) is 14.1. The van der Waals surface area contributed by atoms with E-state index < -0.39 is 0 Å². The Morgan fingerprint density at radius 1 is 1.60 bits per heavy atom. The van der Waals surface area contributed by atoms with Crippen LogP contribution in [0.1, 0.15) is 12.6 Å². The van der Waals surface area contributed by atoms with Crippen LogP contribution in [0.5, 0.6) is 0 Å². The van der Waals surface area contributed by atoms with Crippen LogP contribution in [-0.2, 0) is 11.3 Å². The minimum atomic E-state index is -0.112. The van der Waals surface area contributed by atoms with Gasteiger partial charge in [-0.15, -0.1) is 11.7 Å². The number of amides is 2. The maximum Gasteiger partial charge on any atom is 0.345 e. The van der Waals surface area contributed by atoms with Crippen molar-refractivity contribution in [1.29, 1.82) is 0 Å². The number of carbonyl (C=O) groups is 1. The highest BCUT2D eigenvalue weighted by atomic mass is 16.7. The lowest BCUT2D eigenvalue weighted by molar-refractivity contribution is -0.107. The Morgan fingerprint density at radius 3 is 3.15 bits per heavy atom. The largest absolute Gasteiger partial charge is 0.345 e. The van der Waals surface area contributed by atoms with Crippen LogP contribution in [-0.4, -0.2) is 56.7 Å². The first kappa shape index (κ1) is 12.9. The van der Waals surface area contributed by atoms with Gasteiger partial charge in [0.25, 0.3) is 0 Å². The van der Waals surface area contributed by atoms with E-state index in [9.17, 15) is 4.79 Å². The average Bonchev–Trinajstić information content (AvgIpc) is 3.03. The summed E-state index contributed by atoms with van der Waals surface area (Å²) in [4.78, 5) is 19.3. The van der Waals surface area contributed by atoms with Crippen molar-refractivity contribution >= 4 is 11.7 Å². The number of fused-ring (bicyclic) bond motifs is 2. The molecule has 1 aromatic heterocycles. The van der Waals surface area contributed by atoms with Crippen LogP contribution >= 0.6 is 0 Å². The molecule has 1 aromatic rings. The molecule has 3 rings (SSSR count). The number of aromatic nitrogens is 3. The third-order valence-corrected chi connectivity index (χ3v) is 3.43. The van der Waals surface area contributed by atoms with Gasteiger partial charge in [0.2, 0.25) is 0 Å². The standard InChI is InChI=1S/C13H17N5O2/c1-3-5-20-18-12-6-11(8-16(9-12)13(18)19)17-7-10(4-2)14-15-17/h3,6-7,12H,1,4-5,8-9H2,2H3. The first-order valence-electron chi connectivity index (χ1n) is 6.67. The molecular formula is C13H17N5O2. The Balaban J connectivity index is 1.82. The summed E-state index contributed by atoms with van der Waals surface area (Å²) in [6.07, 6.45) is 6.38. The lowest BCUT2D eigenvalue weighted by Crippen LogP contribution is -2.33. The van der Waals surface area contributed by atoms with Gasteiger partial charge in [0.05, 0.1) is 36.8 Å². The van der Waals surface area contributed by atoms with Crippen molar-refractivity contribution in [3.8, 4) is 0 Å². The minimum absolute atomic E-state index is 0.0829. The molecule has 2 bridgehead atoms. The summed E-state index contributed by atoms with van der Waals surface area (Å²) in [6.45, 7) is 7.12. The van der Waals surface area contributed by atoms with Gasteiger partial charge in [-0.25, -0.2) is 9.48 Å². The molecule has 2 aliphatic rings. The number of nitrogens with zero attached hydrogens (tertiary/aromatic N) is 5. The molecule has 106 valence electrons. The van der Waals surface area contributed by atoms with Crippen molar-refractivity contribution in [1.82, 2.24) is 25.0 Å². The molecule has 1 fully saturated rings. The fourth-order valence-corrected chi connectivity index (χ4v) is 2.42. The molecule has 3 heterocycles. The molecule has 0 radical (unpaired) electrons. The van der Waals surface area contributed by atoms with E-state index in [4.69, 9.17) is 4.84 Å². The van der Waals surface area contributed by atoms with Gasteiger partial charge >= 0.3 is 6.03 Å². The Hall–Kier alpha value is -2.15. The van der Waals surface area contributed by atoms with Crippen LogP contribution in [0.3, 0.4) is 0 Å². The van der Waals surface area contributed by atoms with Gasteiger partial charge in [-0.05, 0) is 12.5 Å². The lowest BCUT2D eigenvalue weighted by atomic mass is 10.2. The van der Waals surface area contributed by atoms with Crippen molar-refractivity contribution < 1.29 is 9.63 Å². The van der Waals surface area contributed by atoms with E-state index in [1.807, 2.05) is 19.2 Å². The first-order valence-corrected chi connectivity index (χ1v) is 6.67. The van der Waals surface area contributed by atoms with Crippen LogP contribution < -0.4 is 0 Å². The van der Waals surface area contributed by atoms with E-state index in [2.05, 4.69) is 16.9 Å². The molecule has 0 saturated carbocycles. The number of carbonyl (C=O) groups excluding carboxylic acids is 1. The van der Waals surface area contributed by atoms with Crippen molar-refractivity contribution in [3.63, 3.8) is 0 Å². The maximum absolute atomic E-state index is 12.1. The zero-order valence-corrected chi connectivity index (χ0v) is 11.4. The van der Waals surface area contributed by atoms with Gasteiger partial charge in [0.1, 0.15) is 0 Å². The highest BCUT2D eigenvalue weighted by molar-refractivity contribution is 5.80. The summed E-state index contributed by atoms with van der Waals surface area (Å²) in [5, 5.41) is 9.59. The van der Waals surface area contributed by atoms with Crippen LogP contribution in [0.4, 0.5) is 4.79 Å². The van der Waals surface area contributed by atoms with Crippen molar-refractivity contribution in [2.75, 3.05) is 19.7 Å². The second-order valence-electron chi connectivity index (χ2n) is 4.81. The van der Waals surface area contributed by atoms with E-state index >= 15 is 0 Å². The van der Waals surface area contributed by atoms with Gasteiger partial charge in [0.15, 0.2) is 0 Å². The average molecular weight is 275 g/mol. The maximum atomic E-state index is 12.1. The second-order valence-corrected chi connectivity index (χ2v) is 4.81. The Labute approximate surface area is 117 Å². The monoisotopic (exact) mass is 275 g/mol. The summed E-state index contributed by atoms with van der Waals surface area (Å²) < 4.78 is 1.74. The third-order valence-electron chi connectivity index (χ3n) is 3.43. The first-order chi connectivity index (χ1) is 9.72. The van der Waals surface area contributed by atoms with Crippen LogP contribution in [0.15, 0.2) is 24.9 Å². The topological polar surface area (TPSA) is 63.5 Å². The molecule has 2 amide bonds. The number of aryl methyl sites for hydroxylation is 1. The third kappa shape index (κ3) is 2.09. The molecule has 2 aliphatic heterocycles. The SMILES string of the molecule is C=CCON1C(=O)N2CC(n3cc(CC)nn3)=CC1C2.